The first-order valence-corrected chi connectivity index (χ1v) is 5.07. The molecule has 1 aromatic heterocycles. The van der Waals surface area contributed by atoms with E-state index in [1.807, 2.05) is 45.2 Å². The molecule has 0 fully saturated rings. The molecule has 1 rings (SSSR count). The van der Waals surface area contributed by atoms with Gasteiger partial charge in [0.05, 0.1) is 6.26 Å². The predicted octanol–water partition coefficient (Wildman–Crippen LogP) is 2.66. The van der Waals surface area contributed by atoms with Gasteiger partial charge < -0.3 is 4.42 Å². The quantitative estimate of drug-likeness (QED) is 0.460. The fraction of sp³-hybridized carbons (Fsp3) is 0.167. The van der Waals surface area contributed by atoms with Gasteiger partial charge in [-0.15, -0.1) is 0 Å². The Labute approximate surface area is 85.6 Å². The monoisotopic (exact) mass is 362 g/mol. The highest BCUT2D eigenvalue weighted by Gasteiger charge is 2.14. The molecule has 2 nitrogen and oxygen atoms in total. The van der Waals surface area contributed by atoms with Gasteiger partial charge >= 0.3 is 0 Å². The van der Waals surface area contributed by atoms with Gasteiger partial charge in [-0.1, -0.05) is 45.2 Å². The van der Waals surface area contributed by atoms with E-state index < -0.39 is 0 Å². The minimum absolute atomic E-state index is 0.0335. The van der Waals surface area contributed by atoms with E-state index in [0.717, 1.165) is 0 Å². The summed E-state index contributed by atoms with van der Waals surface area (Å²) in [5.41, 5.74) is 0. The smallest absolute Gasteiger partial charge is 0.220 e. The summed E-state index contributed by atoms with van der Waals surface area (Å²) in [6.07, 6.45) is 1.50. The highest BCUT2D eigenvalue weighted by atomic mass is 127. The second-order valence-corrected chi connectivity index (χ2v) is 6.52. The van der Waals surface area contributed by atoms with Gasteiger partial charge in [0.15, 0.2) is 5.76 Å². The van der Waals surface area contributed by atoms with Crippen LogP contribution in [0.5, 0.6) is 0 Å². The van der Waals surface area contributed by atoms with Gasteiger partial charge in [0.25, 0.3) is 0 Å². The summed E-state index contributed by atoms with van der Waals surface area (Å²) in [5, 5.41) is 0. The molecule has 0 N–H and O–H groups in total. The van der Waals surface area contributed by atoms with E-state index in [0.29, 0.717) is 5.76 Å². The molecule has 0 spiro atoms. The third kappa shape index (κ3) is 1.94. The van der Waals surface area contributed by atoms with E-state index in [1.165, 1.54) is 6.26 Å². The average Bonchev–Trinajstić information content (AvgIpc) is 2.36. The highest BCUT2D eigenvalue weighted by molar-refractivity contribution is 14.2. The number of hydrogen-bond acceptors (Lipinski definition) is 2. The summed E-state index contributed by atoms with van der Waals surface area (Å²) < 4.78 is 4.86. The van der Waals surface area contributed by atoms with Crippen molar-refractivity contribution in [1.82, 2.24) is 0 Å². The van der Waals surface area contributed by atoms with E-state index in [2.05, 4.69) is 0 Å². The number of Topliss-reactive ketones (excluding diaryl/α,β-unsaturated/α-hetero) is 1. The van der Waals surface area contributed by atoms with Gasteiger partial charge in [0, 0.05) is 0 Å². The van der Waals surface area contributed by atoms with E-state index in [1.54, 1.807) is 12.1 Å². The number of ketones is 1. The Morgan fingerprint density at radius 3 is 2.70 bits per heavy atom. The first kappa shape index (κ1) is 8.51. The van der Waals surface area contributed by atoms with E-state index in [9.17, 15) is 4.79 Å². The maximum absolute atomic E-state index is 11.1. The van der Waals surface area contributed by atoms with Crippen LogP contribution in [0.15, 0.2) is 22.8 Å². The molecule has 0 saturated carbocycles. The molecule has 10 heavy (non-hydrogen) atoms. The molecule has 0 saturated heterocycles. The molecule has 54 valence electrons. The minimum atomic E-state index is -0.0404. The van der Waals surface area contributed by atoms with Crippen molar-refractivity contribution in [3.63, 3.8) is 0 Å². The summed E-state index contributed by atoms with van der Waals surface area (Å²) in [7, 11) is 0. The average molecular weight is 362 g/mol. The van der Waals surface area contributed by atoms with Crippen molar-refractivity contribution in [2.75, 3.05) is 0 Å². The zero-order chi connectivity index (χ0) is 7.56. The molecule has 0 unspecified atom stereocenters. The number of rotatable bonds is 2. The van der Waals surface area contributed by atoms with Gasteiger partial charge in [-0.3, -0.25) is 4.79 Å². The van der Waals surface area contributed by atoms with Crippen LogP contribution in [0.4, 0.5) is 0 Å². The maximum atomic E-state index is 11.1. The Bertz CT molecular complexity index is 216. The first-order chi connectivity index (χ1) is 4.72. The van der Waals surface area contributed by atoms with Crippen LogP contribution in [0.1, 0.15) is 10.6 Å². The zero-order valence-corrected chi connectivity index (χ0v) is 9.20. The van der Waals surface area contributed by atoms with Gasteiger partial charge in [-0.25, -0.2) is 0 Å². The topological polar surface area (TPSA) is 30.2 Å². The summed E-state index contributed by atoms with van der Waals surface area (Å²) in [5.74, 6) is 0.472. The Morgan fingerprint density at radius 2 is 2.30 bits per heavy atom. The normalized spacial score (nSPS) is 10.3. The lowest BCUT2D eigenvalue weighted by Gasteiger charge is -1.94. The number of hydrogen-bond donors (Lipinski definition) is 0. The van der Waals surface area contributed by atoms with Crippen LogP contribution < -0.4 is 0 Å². The lowest BCUT2D eigenvalue weighted by Crippen LogP contribution is -2.04. The third-order valence-electron chi connectivity index (χ3n) is 0.962. The Balaban J connectivity index is 2.78. The summed E-state index contributed by atoms with van der Waals surface area (Å²) in [4.78, 5) is 11.1. The molecule has 0 radical (unpaired) electrons. The largest absolute Gasteiger partial charge is 0.461 e. The fourth-order valence-electron chi connectivity index (χ4n) is 0.526. The van der Waals surface area contributed by atoms with Crippen LogP contribution in [0.25, 0.3) is 0 Å². The lowest BCUT2D eigenvalue weighted by molar-refractivity contribution is 0.0991. The molecule has 0 aliphatic rings. The summed E-state index contributed by atoms with van der Waals surface area (Å²) in [6.45, 7) is 0. The highest BCUT2D eigenvalue weighted by Crippen LogP contribution is 2.16. The molecule has 0 bridgehead atoms. The summed E-state index contributed by atoms with van der Waals surface area (Å²) >= 11 is 4.09. The zero-order valence-electron chi connectivity index (χ0n) is 4.88. The van der Waals surface area contributed by atoms with Gasteiger partial charge in [-0.05, 0) is 12.1 Å². The van der Waals surface area contributed by atoms with Crippen molar-refractivity contribution in [3.05, 3.63) is 24.2 Å². The van der Waals surface area contributed by atoms with E-state index >= 15 is 0 Å². The van der Waals surface area contributed by atoms with E-state index in [-0.39, 0.29) is 7.71 Å². The summed E-state index contributed by atoms with van der Waals surface area (Å²) in [6, 6.07) is 3.38. The van der Waals surface area contributed by atoms with Crippen LogP contribution in [0, 0.1) is 0 Å². The van der Waals surface area contributed by atoms with Crippen LogP contribution in [-0.4, -0.2) is 7.71 Å². The minimum Gasteiger partial charge on any atom is -0.461 e. The van der Waals surface area contributed by atoms with Crippen molar-refractivity contribution in [2.45, 2.75) is 1.93 Å². The number of carbonyl (C=O) groups excluding carboxylic acids is 1. The van der Waals surface area contributed by atoms with Crippen molar-refractivity contribution < 1.29 is 9.21 Å². The van der Waals surface area contributed by atoms with E-state index in [4.69, 9.17) is 4.42 Å². The second kappa shape index (κ2) is 3.70. The fourth-order valence-corrected chi connectivity index (χ4v) is 1.14. The third-order valence-corrected chi connectivity index (χ3v) is 2.09. The molecule has 1 heterocycles. The molecule has 0 amide bonds. The predicted molar refractivity (Wildman–Crippen MR) is 54.9 cm³/mol. The molecule has 1 aromatic rings. The second-order valence-electron chi connectivity index (χ2n) is 1.64. The molecular formula is C6H4I2O2. The molecular weight excluding hydrogens is 358 g/mol. The van der Waals surface area contributed by atoms with Crippen molar-refractivity contribution >= 4 is 51.0 Å². The first-order valence-electron chi connectivity index (χ1n) is 2.57. The number of furan rings is 1. The van der Waals surface area contributed by atoms with Crippen molar-refractivity contribution in [2.24, 2.45) is 0 Å². The van der Waals surface area contributed by atoms with Gasteiger partial charge in [0.2, 0.25) is 5.78 Å². The number of halogens is 2. The van der Waals surface area contributed by atoms with Crippen LogP contribution >= 0.6 is 45.2 Å². The van der Waals surface area contributed by atoms with Crippen molar-refractivity contribution in [3.8, 4) is 0 Å². The number of carbonyl (C=O) groups is 1. The molecule has 0 aliphatic heterocycles. The molecule has 4 heteroatoms. The standard InChI is InChI=1S/C6H4I2O2/c7-6(8)5(9)4-2-1-3-10-4/h1-3,6H. The van der Waals surface area contributed by atoms with Crippen LogP contribution in [0.3, 0.4) is 0 Å². The van der Waals surface area contributed by atoms with Crippen molar-refractivity contribution in [1.29, 1.82) is 0 Å². The Hall–Kier alpha value is 0.410. The van der Waals surface area contributed by atoms with Gasteiger partial charge in [0.1, 0.15) is 1.93 Å². The van der Waals surface area contributed by atoms with Crippen LogP contribution in [0.2, 0.25) is 0 Å². The maximum Gasteiger partial charge on any atom is 0.220 e. The lowest BCUT2D eigenvalue weighted by atomic mass is 10.3. The molecule has 0 aromatic carbocycles. The van der Waals surface area contributed by atoms with Gasteiger partial charge in [-0.2, -0.15) is 0 Å². The Kier molecular flexibility index (Phi) is 3.15. The molecule has 0 aliphatic carbocycles. The number of alkyl halides is 2. The molecule has 0 atom stereocenters. The SMILES string of the molecule is O=C(c1ccco1)C(I)I. The Morgan fingerprint density at radius 1 is 1.60 bits per heavy atom. The van der Waals surface area contributed by atoms with Crippen LogP contribution in [-0.2, 0) is 0 Å².